The smallest absolute Gasteiger partial charge is 0.407 e. The predicted octanol–water partition coefficient (Wildman–Crippen LogP) is 4.88. The molecule has 3 N–H and O–H groups in total. The Hall–Kier alpha value is -4.59. The lowest BCUT2D eigenvalue weighted by Crippen LogP contribution is -2.38. The van der Waals surface area contributed by atoms with Crippen LogP contribution in [0.2, 0.25) is 0 Å². The van der Waals surface area contributed by atoms with Crippen molar-refractivity contribution in [2.75, 3.05) is 19.8 Å². The first-order valence-corrected chi connectivity index (χ1v) is 11.4. The molecule has 1 unspecified atom stereocenters. The molecule has 3 aromatic carbocycles. The number of aromatic carboxylic acids is 1. The van der Waals surface area contributed by atoms with Crippen LogP contribution in [-0.4, -0.2) is 43.0 Å². The Morgan fingerprint density at radius 2 is 1.50 bits per heavy atom. The fourth-order valence-electron chi connectivity index (χ4n) is 4.26. The van der Waals surface area contributed by atoms with Gasteiger partial charge in [-0.05, 0) is 39.9 Å². The van der Waals surface area contributed by atoms with Crippen LogP contribution in [0.3, 0.4) is 0 Å². The van der Waals surface area contributed by atoms with Crippen LogP contribution in [0.1, 0.15) is 39.0 Å². The molecule has 0 saturated carbocycles. The number of alkyl carbamates (subject to hydrolysis) is 2. The van der Waals surface area contributed by atoms with Crippen LogP contribution >= 0.6 is 0 Å². The molecule has 1 aliphatic carbocycles. The largest absolute Gasteiger partial charge is 0.478 e. The Balaban J connectivity index is 1.40. The van der Waals surface area contributed by atoms with E-state index in [0.29, 0.717) is 5.56 Å². The monoisotopic (exact) mass is 486 g/mol. The van der Waals surface area contributed by atoms with E-state index >= 15 is 0 Å². The van der Waals surface area contributed by atoms with Gasteiger partial charge in [0.1, 0.15) is 13.2 Å². The molecule has 2 amide bonds. The molecule has 8 heteroatoms. The van der Waals surface area contributed by atoms with Crippen molar-refractivity contribution in [3.05, 3.63) is 108 Å². The number of nitrogens with one attached hydrogen (secondary N) is 2. The molecule has 0 heterocycles. The van der Waals surface area contributed by atoms with Crippen LogP contribution in [-0.2, 0) is 9.47 Å². The summed E-state index contributed by atoms with van der Waals surface area (Å²) in [7, 11) is 0. The van der Waals surface area contributed by atoms with E-state index in [4.69, 9.17) is 14.6 Å². The Bertz CT molecular complexity index is 1230. The first kappa shape index (κ1) is 24.5. The lowest BCUT2D eigenvalue weighted by molar-refractivity contribution is 0.0696. The molecule has 1 aliphatic rings. The molecule has 1 atom stereocenters. The van der Waals surface area contributed by atoms with E-state index in [9.17, 15) is 14.4 Å². The number of carboxylic acid groups (broad SMARTS) is 1. The number of hydrogen-bond donors (Lipinski definition) is 3. The second-order valence-corrected chi connectivity index (χ2v) is 8.22. The zero-order valence-corrected chi connectivity index (χ0v) is 19.5. The number of carbonyl (C=O) groups excluding carboxylic acids is 2. The minimum atomic E-state index is -1.06. The highest BCUT2D eigenvalue weighted by Crippen LogP contribution is 2.44. The van der Waals surface area contributed by atoms with Crippen LogP contribution < -0.4 is 10.6 Å². The molecule has 36 heavy (non-hydrogen) atoms. The maximum Gasteiger partial charge on any atom is 0.407 e. The van der Waals surface area contributed by atoms with Gasteiger partial charge in [-0.1, -0.05) is 73.3 Å². The summed E-state index contributed by atoms with van der Waals surface area (Å²) in [5.41, 5.74) is 5.18. The van der Waals surface area contributed by atoms with Gasteiger partial charge in [0.15, 0.2) is 0 Å². The van der Waals surface area contributed by atoms with Gasteiger partial charge in [0.25, 0.3) is 0 Å². The highest BCUT2D eigenvalue weighted by Gasteiger charge is 2.29. The van der Waals surface area contributed by atoms with Gasteiger partial charge in [-0.3, -0.25) is 0 Å². The third kappa shape index (κ3) is 5.55. The van der Waals surface area contributed by atoms with E-state index in [0.717, 1.165) is 22.3 Å². The number of fused-ring (bicyclic) bond motifs is 3. The average molecular weight is 487 g/mol. The van der Waals surface area contributed by atoms with Crippen molar-refractivity contribution in [1.29, 1.82) is 0 Å². The average Bonchev–Trinajstić information content (AvgIpc) is 3.22. The second kappa shape index (κ2) is 11.2. The molecule has 184 valence electrons. The molecule has 8 nitrogen and oxygen atoms in total. The Kier molecular flexibility index (Phi) is 7.65. The summed E-state index contributed by atoms with van der Waals surface area (Å²) in [5, 5.41) is 14.5. The molecular weight excluding hydrogens is 460 g/mol. The van der Waals surface area contributed by atoms with Gasteiger partial charge < -0.3 is 25.2 Å². The van der Waals surface area contributed by atoms with Crippen LogP contribution in [0.5, 0.6) is 0 Å². The molecule has 0 saturated heterocycles. The van der Waals surface area contributed by atoms with Gasteiger partial charge in [-0.15, -0.1) is 0 Å². The first-order chi connectivity index (χ1) is 17.5. The summed E-state index contributed by atoms with van der Waals surface area (Å²) in [4.78, 5) is 35.9. The van der Waals surface area contributed by atoms with E-state index in [-0.39, 0.29) is 31.2 Å². The van der Waals surface area contributed by atoms with Crippen LogP contribution in [0.4, 0.5) is 9.59 Å². The molecule has 0 bridgehead atoms. The quantitative estimate of drug-likeness (QED) is 0.372. The van der Waals surface area contributed by atoms with E-state index in [2.05, 4.69) is 29.3 Å². The van der Waals surface area contributed by atoms with Crippen LogP contribution in [0.15, 0.2) is 85.5 Å². The van der Waals surface area contributed by atoms with Crippen molar-refractivity contribution in [3.63, 3.8) is 0 Å². The van der Waals surface area contributed by atoms with Gasteiger partial charge >= 0.3 is 18.2 Å². The SMILES string of the molecule is C=CCOC(=O)NC(CNC(=O)OCC1c2ccccc2-c2ccccc21)c1ccc(C(=O)O)cc1. The highest BCUT2D eigenvalue weighted by atomic mass is 16.6. The summed E-state index contributed by atoms with van der Waals surface area (Å²) < 4.78 is 10.5. The fraction of sp³-hybridized carbons (Fsp3) is 0.179. The molecule has 0 fully saturated rings. The third-order valence-electron chi connectivity index (χ3n) is 5.98. The van der Waals surface area contributed by atoms with Gasteiger partial charge in [-0.2, -0.15) is 0 Å². The lowest BCUT2D eigenvalue weighted by Gasteiger charge is -2.20. The van der Waals surface area contributed by atoms with E-state index in [1.807, 2.05) is 36.4 Å². The standard InChI is InChI=1S/C28H26N2O6/c1-2-15-35-28(34)30-25(18-11-13-19(14-12-18)26(31)32)16-29-27(33)36-17-24-22-9-5-3-7-20(22)21-8-4-6-10-23(21)24/h2-14,24-25H,1,15-17H2,(H,29,33)(H,30,34)(H,31,32). The molecule has 0 aliphatic heterocycles. The summed E-state index contributed by atoms with van der Waals surface area (Å²) in [6, 6.07) is 21.4. The summed E-state index contributed by atoms with van der Waals surface area (Å²) in [6.07, 6.45) is 0.104. The first-order valence-electron chi connectivity index (χ1n) is 11.4. The number of amides is 2. The van der Waals surface area contributed by atoms with Gasteiger partial charge in [0.05, 0.1) is 11.6 Å². The van der Waals surface area contributed by atoms with Crippen LogP contribution in [0, 0.1) is 0 Å². The van der Waals surface area contributed by atoms with Gasteiger partial charge in [0, 0.05) is 12.5 Å². The van der Waals surface area contributed by atoms with Crippen molar-refractivity contribution in [1.82, 2.24) is 10.6 Å². The normalized spacial score (nSPS) is 12.6. The highest BCUT2D eigenvalue weighted by molar-refractivity contribution is 5.87. The number of carboxylic acids is 1. The molecular formula is C28H26N2O6. The molecule has 4 rings (SSSR count). The van der Waals surface area contributed by atoms with Crippen molar-refractivity contribution in [3.8, 4) is 11.1 Å². The molecule has 0 radical (unpaired) electrons. The van der Waals surface area contributed by atoms with Gasteiger partial charge in [0.2, 0.25) is 0 Å². The van der Waals surface area contributed by atoms with E-state index < -0.39 is 24.2 Å². The minimum Gasteiger partial charge on any atom is -0.478 e. The van der Waals surface area contributed by atoms with Crippen molar-refractivity contribution in [2.24, 2.45) is 0 Å². The maximum absolute atomic E-state index is 12.6. The number of benzene rings is 3. The Morgan fingerprint density at radius 1 is 0.889 bits per heavy atom. The van der Waals surface area contributed by atoms with Crippen molar-refractivity contribution in [2.45, 2.75) is 12.0 Å². The van der Waals surface area contributed by atoms with Gasteiger partial charge in [-0.25, -0.2) is 14.4 Å². The third-order valence-corrected chi connectivity index (χ3v) is 5.98. The minimum absolute atomic E-state index is 0.00623. The number of rotatable bonds is 9. The Labute approximate surface area is 208 Å². The molecule has 3 aromatic rings. The zero-order chi connectivity index (χ0) is 25.5. The zero-order valence-electron chi connectivity index (χ0n) is 19.5. The topological polar surface area (TPSA) is 114 Å². The second-order valence-electron chi connectivity index (χ2n) is 8.22. The predicted molar refractivity (Wildman–Crippen MR) is 134 cm³/mol. The number of hydrogen-bond acceptors (Lipinski definition) is 5. The number of ether oxygens (including phenoxy) is 2. The van der Waals surface area contributed by atoms with E-state index in [1.165, 1.54) is 18.2 Å². The fourth-order valence-corrected chi connectivity index (χ4v) is 4.26. The maximum atomic E-state index is 12.6. The number of carbonyl (C=O) groups is 3. The molecule has 0 aromatic heterocycles. The van der Waals surface area contributed by atoms with Crippen molar-refractivity contribution < 1.29 is 29.0 Å². The Morgan fingerprint density at radius 3 is 2.08 bits per heavy atom. The summed E-state index contributed by atoms with van der Waals surface area (Å²) in [6.45, 7) is 3.69. The summed E-state index contributed by atoms with van der Waals surface area (Å²) >= 11 is 0. The van der Waals surface area contributed by atoms with Crippen LogP contribution in [0.25, 0.3) is 11.1 Å². The van der Waals surface area contributed by atoms with Crippen molar-refractivity contribution >= 4 is 18.2 Å². The lowest BCUT2D eigenvalue weighted by atomic mass is 9.98. The van der Waals surface area contributed by atoms with E-state index in [1.54, 1.807) is 12.1 Å². The summed E-state index contributed by atoms with van der Waals surface area (Å²) in [5.74, 6) is -1.14. The molecule has 0 spiro atoms.